The fraction of sp³-hybridized carbons (Fsp3) is 0.240. The normalized spacial score (nSPS) is 12.3. The zero-order valence-corrected chi connectivity index (χ0v) is 18.1. The number of nitrogens with zero attached hydrogens (tertiary/aromatic N) is 1. The van der Waals surface area contributed by atoms with Crippen molar-refractivity contribution in [3.8, 4) is 17.2 Å². The van der Waals surface area contributed by atoms with Crippen LogP contribution < -0.4 is 14.2 Å². The van der Waals surface area contributed by atoms with Crippen molar-refractivity contribution in [2.45, 2.75) is 19.4 Å². The lowest BCUT2D eigenvalue weighted by atomic mass is 9.93. The molecule has 0 bridgehead atoms. The third-order valence-corrected chi connectivity index (χ3v) is 5.15. The molecular weight excluding hydrogens is 398 g/mol. The molecule has 0 fully saturated rings. The van der Waals surface area contributed by atoms with Gasteiger partial charge < -0.3 is 14.2 Å². The van der Waals surface area contributed by atoms with Gasteiger partial charge in [0.15, 0.2) is 11.5 Å². The number of methoxy groups -OCH3 is 2. The van der Waals surface area contributed by atoms with Gasteiger partial charge in [0.05, 0.1) is 14.2 Å². The maximum Gasteiger partial charge on any atom is 0.161 e. The molecule has 4 rings (SSSR count). The first kappa shape index (κ1) is 21.7. The van der Waals surface area contributed by atoms with Crippen LogP contribution in [0.2, 0.25) is 0 Å². The molecule has 5 heteroatoms. The first-order valence-corrected chi connectivity index (χ1v) is 9.81. The molecule has 0 aliphatic carbocycles. The number of aliphatic imine (C=N–C) groups is 1. The van der Waals surface area contributed by atoms with Gasteiger partial charge in [-0.1, -0.05) is 42.5 Å². The minimum atomic E-state index is 0. The number of benzene rings is 3. The number of rotatable bonds is 7. The average molecular weight is 424 g/mol. The Morgan fingerprint density at radius 3 is 2.23 bits per heavy atom. The zero-order valence-electron chi connectivity index (χ0n) is 17.3. The van der Waals surface area contributed by atoms with E-state index in [1.165, 1.54) is 11.1 Å². The van der Waals surface area contributed by atoms with E-state index in [0.717, 1.165) is 53.5 Å². The molecule has 1 heterocycles. The quantitative estimate of drug-likeness (QED) is 0.518. The summed E-state index contributed by atoms with van der Waals surface area (Å²) in [7, 11) is 3.33. The molecule has 1 aliphatic rings. The molecule has 0 saturated heterocycles. The Morgan fingerprint density at radius 1 is 0.833 bits per heavy atom. The molecule has 156 valence electrons. The Labute approximate surface area is 183 Å². The van der Waals surface area contributed by atoms with Crippen LogP contribution in [0.25, 0.3) is 0 Å². The Morgan fingerprint density at radius 2 is 1.53 bits per heavy atom. The molecule has 0 saturated carbocycles. The van der Waals surface area contributed by atoms with E-state index in [1.807, 2.05) is 36.4 Å². The first-order valence-electron chi connectivity index (χ1n) is 9.81. The predicted molar refractivity (Wildman–Crippen MR) is 123 cm³/mol. The molecule has 3 aromatic carbocycles. The molecule has 0 aromatic heterocycles. The summed E-state index contributed by atoms with van der Waals surface area (Å²) in [5, 5.41) is 0. The number of halogens is 1. The van der Waals surface area contributed by atoms with Gasteiger partial charge in [0.1, 0.15) is 12.4 Å². The van der Waals surface area contributed by atoms with Gasteiger partial charge in [0.2, 0.25) is 0 Å². The summed E-state index contributed by atoms with van der Waals surface area (Å²) in [5.74, 6) is 2.38. The Bertz CT molecular complexity index is 1000. The van der Waals surface area contributed by atoms with Gasteiger partial charge in [-0.3, -0.25) is 4.99 Å². The second-order valence-corrected chi connectivity index (χ2v) is 7.04. The van der Waals surface area contributed by atoms with E-state index in [0.29, 0.717) is 6.61 Å². The van der Waals surface area contributed by atoms with Crippen LogP contribution in [0.1, 0.15) is 22.3 Å². The number of hydrogen-bond donors (Lipinski definition) is 0. The summed E-state index contributed by atoms with van der Waals surface area (Å²) in [6.07, 6.45) is 1.70. The number of fused-ring (bicyclic) bond motifs is 1. The highest BCUT2D eigenvalue weighted by atomic mass is 35.5. The summed E-state index contributed by atoms with van der Waals surface area (Å²) in [5.41, 5.74) is 5.87. The van der Waals surface area contributed by atoms with Gasteiger partial charge in [-0.2, -0.15) is 0 Å². The number of hydrogen-bond acceptors (Lipinski definition) is 4. The maximum absolute atomic E-state index is 5.89. The van der Waals surface area contributed by atoms with Gasteiger partial charge in [0.25, 0.3) is 0 Å². The standard InChI is InChI=1S/C25H25NO3.ClH/c1-27-24-15-20-12-13-26-23(22(20)16-25(24)28-2)14-18-8-10-21(11-9-18)29-17-19-6-4-3-5-7-19;/h3-11,15-16H,12-14,17H2,1-2H3;1H. The van der Waals surface area contributed by atoms with E-state index in [9.17, 15) is 0 Å². The fourth-order valence-corrected chi connectivity index (χ4v) is 3.58. The van der Waals surface area contributed by atoms with Crippen molar-refractivity contribution in [1.29, 1.82) is 0 Å². The Kier molecular flexibility index (Phi) is 7.36. The molecule has 0 radical (unpaired) electrons. The van der Waals surface area contributed by atoms with Crippen molar-refractivity contribution < 1.29 is 14.2 Å². The highest BCUT2D eigenvalue weighted by molar-refractivity contribution is 6.04. The maximum atomic E-state index is 5.89. The summed E-state index contributed by atoms with van der Waals surface area (Å²) in [6, 6.07) is 22.6. The summed E-state index contributed by atoms with van der Waals surface area (Å²) in [4.78, 5) is 4.78. The first-order chi connectivity index (χ1) is 14.3. The second kappa shape index (κ2) is 10.2. The lowest BCUT2D eigenvalue weighted by Crippen LogP contribution is -2.16. The van der Waals surface area contributed by atoms with Crippen molar-refractivity contribution in [3.05, 3.63) is 89.0 Å². The molecule has 0 spiro atoms. The smallest absolute Gasteiger partial charge is 0.161 e. The van der Waals surface area contributed by atoms with Gasteiger partial charge in [-0.25, -0.2) is 0 Å². The highest BCUT2D eigenvalue weighted by Gasteiger charge is 2.18. The lowest BCUT2D eigenvalue weighted by molar-refractivity contribution is 0.306. The largest absolute Gasteiger partial charge is 0.493 e. The molecule has 0 unspecified atom stereocenters. The van der Waals surface area contributed by atoms with Crippen LogP contribution in [0, 0.1) is 0 Å². The molecule has 0 amide bonds. The van der Waals surface area contributed by atoms with E-state index in [4.69, 9.17) is 19.2 Å². The summed E-state index contributed by atoms with van der Waals surface area (Å²) < 4.78 is 16.8. The molecule has 1 aliphatic heterocycles. The SMILES string of the molecule is COc1cc2c(cc1OC)C(Cc1ccc(OCc3ccccc3)cc1)=NCC2.Cl. The summed E-state index contributed by atoms with van der Waals surface area (Å²) in [6.45, 7) is 1.37. The van der Waals surface area contributed by atoms with E-state index in [2.05, 4.69) is 30.3 Å². The van der Waals surface area contributed by atoms with Crippen molar-refractivity contribution >= 4 is 18.1 Å². The van der Waals surface area contributed by atoms with Crippen LogP contribution >= 0.6 is 12.4 Å². The van der Waals surface area contributed by atoms with E-state index >= 15 is 0 Å². The Balaban J connectivity index is 0.00000256. The Hall–Kier alpha value is -2.98. The number of ether oxygens (including phenoxy) is 3. The van der Waals surface area contributed by atoms with Crippen LogP contribution in [0.3, 0.4) is 0 Å². The van der Waals surface area contributed by atoms with Crippen LogP contribution in [0.5, 0.6) is 17.2 Å². The highest BCUT2D eigenvalue weighted by Crippen LogP contribution is 2.33. The lowest BCUT2D eigenvalue weighted by Gasteiger charge is -2.20. The van der Waals surface area contributed by atoms with Crippen molar-refractivity contribution in [3.63, 3.8) is 0 Å². The zero-order chi connectivity index (χ0) is 20.1. The van der Waals surface area contributed by atoms with Gasteiger partial charge in [-0.15, -0.1) is 12.4 Å². The average Bonchev–Trinajstić information content (AvgIpc) is 2.78. The second-order valence-electron chi connectivity index (χ2n) is 7.04. The monoisotopic (exact) mass is 423 g/mol. The van der Waals surface area contributed by atoms with Crippen molar-refractivity contribution in [2.24, 2.45) is 4.99 Å². The van der Waals surface area contributed by atoms with Crippen LogP contribution in [0.15, 0.2) is 71.7 Å². The molecular formula is C25H26ClNO3. The third kappa shape index (κ3) is 4.95. The van der Waals surface area contributed by atoms with Gasteiger partial charge in [0, 0.05) is 24.2 Å². The van der Waals surface area contributed by atoms with E-state index in [-0.39, 0.29) is 12.4 Å². The van der Waals surface area contributed by atoms with Crippen LogP contribution in [-0.4, -0.2) is 26.5 Å². The molecule has 4 nitrogen and oxygen atoms in total. The van der Waals surface area contributed by atoms with E-state index in [1.54, 1.807) is 14.2 Å². The minimum absolute atomic E-state index is 0. The van der Waals surface area contributed by atoms with Crippen LogP contribution in [-0.2, 0) is 19.4 Å². The third-order valence-electron chi connectivity index (χ3n) is 5.15. The molecule has 3 aromatic rings. The van der Waals surface area contributed by atoms with E-state index < -0.39 is 0 Å². The summed E-state index contributed by atoms with van der Waals surface area (Å²) >= 11 is 0. The molecule has 0 atom stereocenters. The topological polar surface area (TPSA) is 40.0 Å². The van der Waals surface area contributed by atoms with Crippen molar-refractivity contribution in [1.82, 2.24) is 0 Å². The van der Waals surface area contributed by atoms with Crippen LogP contribution in [0.4, 0.5) is 0 Å². The fourth-order valence-electron chi connectivity index (χ4n) is 3.58. The van der Waals surface area contributed by atoms with Gasteiger partial charge >= 0.3 is 0 Å². The minimum Gasteiger partial charge on any atom is -0.493 e. The molecule has 30 heavy (non-hydrogen) atoms. The predicted octanol–water partition coefficient (Wildman–Crippen LogP) is 5.29. The molecule has 0 N–H and O–H groups in total. The van der Waals surface area contributed by atoms with Crippen molar-refractivity contribution in [2.75, 3.05) is 20.8 Å². The van der Waals surface area contributed by atoms with Gasteiger partial charge in [-0.05, 0) is 47.4 Å².